The number of halogens is 2. The van der Waals surface area contributed by atoms with Gasteiger partial charge in [-0.25, -0.2) is 9.78 Å². The highest BCUT2D eigenvalue weighted by atomic mass is 35.5. The number of rotatable bonds is 6. The summed E-state index contributed by atoms with van der Waals surface area (Å²) in [5, 5.41) is 11.2. The number of thiazole rings is 1. The molecule has 0 aliphatic carbocycles. The summed E-state index contributed by atoms with van der Waals surface area (Å²) in [5.41, 5.74) is 0.397. The third-order valence-electron chi connectivity index (χ3n) is 3.89. The monoisotopic (exact) mass is 452 g/mol. The molecule has 0 aliphatic heterocycles. The number of anilines is 2. The third kappa shape index (κ3) is 4.29. The van der Waals surface area contributed by atoms with Crippen LogP contribution in [-0.4, -0.2) is 36.2 Å². The molecule has 0 bridgehead atoms. The normalized spacial score (nSPS) is 10.5. The van der Waals surface area contributed by atoms with Gasteiger partial charge in [-0.1, -0.05) is 23.2 Å². The summed E-state index contributed by atoms with van der Waals surface area (Å²) in [7, 11) is 2.96. The van der Waals surface area contributed by atoms with Crippen molar-refractivity contribution >= 4 is 57.2 Å². The Morgan fingerprint density at radius 3 is 2.38 bits per heavy atom. The zero-order valence-electron chi connectivity index (χ0n) is 15.2. The molecular formula is C19H14Cl2N2O5S. The van der Waals surface area contributed by atoms with Gasteiger partial charge in [0.05, 0.1) is 30.5 Å². The van der Waals surface area contributed by atoms with Crippen LogP contribution in [-0.2, 0) is 0 Å². The lowest BCUT2D eigenvalue weighted by Gasteiger charge is -2.22. The van der Waals surface area contributed by atoms with Crippen molar-refractivity contribution in [2.75, 3.05) is 19.1 Å². The molecule has 1 N–H and O–H groups in total. The van der Waals surface area contributed by atoms with Gasteiger partial charge in [0.25, 0.3) is 5.91 Å². The van der Waals surface area contributed by atoms with E-state index in [1.165, 1.54) is 42.7 Å². The van der Waals surface area contributed by atoms with Crippen LogP contribution in [0.5, 0.6) is 11.5 Å². The van der Waals surface area contributed by atoms with Crippen molar-refractivity contribution in [2.24, 2.45) is 0 Å². The predicted octanol–water partition coefficient (Wildman–Crippen LogP) is 5.14. The average molecular weight is 453 g/mol. The number of carboxylic acid groups (broad SMARTS) is 1. The van der Waals surface area contributed by atoms with Crippen LogP contribution in [0.2, 0.25) is 10.0 Å². The molecule has 3 aromatic rings. The molecule has 0 unspecified atom stereocenters. The molecule has 1 amide bonds. The molecule has 1 heterocycles. The van der Waals surface area contributed by atoms with Gasteiger partial charge >= 0.3 is 5.97 Å². The zero-order valence-corrected chi connectivity index (χ0v) is 17.5. The standard InChI is InChI=1S/C19H14Cl2N2O5S/c1-27-15-6-4-11(8-16(15)28-2)23(19-22-14(9-29-19)18(25)26)17(24)12-5-3-10(20)7-13(12)21/h3-9H,1-2H3,(H,25,26). The first-order valence-electron chi connectivity index (χ1n) is 8.06. The Balaban J connectivity index is 2.16. The van der Waals surface area contributed by atoms with Gasteiger partial charge in [-0.2, -0.15) is 0 Å². The van der Waals surface area contributed by atoms with Crippen LogP contribution in [0.3, 0.4) is 0 Å². The Morgan fingerprint density at radius 2 is 1.79 bits per heavy atom. The van der Waals surface area contributed by atoms with E-state index in [0.29, 0.717) is 22.2 Å². The van der Waals surface area contributed by atoms with Crippen LogP contribution in [0.1, 0.15) is 20.8 Å². The number of carbonyl (C=O) groups is 2. The van der Waals surface area contributed by atoms with E-state index >= 15 is 0 Å². The highest BCUT2D eigenvalue weighted by Gasteiger charge is 2.26. The van der Waals surface area contributed by atoms with Crippen molar-refractivity contribution in [3.8, 4) is 11.5 Å². The maximum Gasteiger partial charge on any atom is 0.355 e. The largest absolute Gasteiger partial charge is 0.493 e. The van der Waals surface area contributed by atoms with Crippen molar-refractivity contribution in [2.45, 2.75) is 0 Å². The van der Waals surface area contributed by atoms with Crippen LogP contribution in [0.4, 0.5) is 10.8 Å². The number of carbonyl (C=O) groups excluding carboxylic acids is 1. The van der Waals surface area contributed by atoms with E-state index in [0.717, 1.165) is 11.3 Å². The number of methoxy groups -OCH3 is 2. The summed E-state index contributed by atoms with van der Waals surface area (Å²) in [6, 6.07) is 9.33. The van der Waals surface area contributed by atoms with E-state index in [4.69, 9.17) is 32.7 Å². The second-order valence-electron chi connectivity index (χ2n) is 5.62. The molecule has 0 spiro atoms. The molecular weight excluding hydrogens is 439 g/mol. The number of hydrogen-bond acceptors (Lipinski definition) is 6. The van der Waals surface area contributed by atoms with Crippen LogP contribution in [0.25, 0.3) is 0 Å². The SMILES string of the molecule is COc1ccc(N(C(=O)c2ccc(Cl)cc2Cl)c2nc(C(=O)O)cs2)cc1OC. The molecule has 150 valence electrons. The number of benzene rings is 2. The summed E-state index contributed by atoms with van der Waals surface area (Å²) in [6.45, 7) is 0. The highest BCUT2D eigenvalue weighted by molar-refractivity contribution is 7.14. The maximum absolute atomic E-state index is 13.4. The predicted molar refractivity (Wildman–Crippen MR) is 112 cm³/mol. The van der Waals surface area contributed by atoms with Gasteiger partial charge in [0.15, 0.2) is 22.3 Å². The number of aromatic carboxylic acids is 1. The second-order valence-corrected chi connectivity index (χ2v) is 7.30. The molecule has 0 aliphatic rings. The van der Waals surface area contributed by atoms with Crippen molar-refractivity contribution in [3.05, 3.63) is 63.1 Å². The van der Waals surface area contributed by atoms with Crippen LogP contribution >= 0.6 is 34.5 Å². The van der Waals surface area contributed by atoms with Gasteiger partial charge in [0.1, 0.15) is 0 Å². The Bertz CT molecular complexity index is 1090. The lowest BCUT2D eigenvalue weighted by molar-refractivity contribution is 0.0691. The lowest BCUT2D eigenvalue weighted by atomic mass is 10.1. The number of ether oxygens (including phenoxy) is 2. The quantitative estimate of drug-likeness (QED) is 0.556. The molecule has 0 fully saturated rings. The lowest BCUT2D eigenvalue weighted by Crippen LogP contribution is -2.26. The fourth-order valence-electron chi connectivity index (χ4n) is 2.53. The van der Waals surface area contributed by atoms with Crippen LogP contribution in [0, 0.1) is 0 Å². The molecule has 0 atom stereocenters. The molecule has 7 nitrogen and oxygen atoms in total. The van der Waals surface area contributed by atoms with Gasteiger partial charge in [-0.15, -0.1) is 11.3 Å². The molecule has 2 aromatic carbocycles. The van der Waals surface area contributed by atoms with Gasteiger partial charge in [0.2, 0.25) is 0 Å². The Labute approximate surface area is 180 Å². The van der Waals surface area contributed by atoms with E-state index in [1.54, 1.807) is 18.2 Å². The number of carboxylic acids is 1. The Morgan fingerprint density at radius 1 is 1.07 bits per heavy atom. The van der Waals surface area contributed by atoms with Crippen molar-refractivity contribution in [3.63, 3.8) is 0 Å². The van der Waals surface area contributed by atoms with Gasteiger partial charge in [0, 0.05) is 16.5 Å². The first-order valence-corrected chi connectivity index (χ1v) is 9.69. The van der Waals surface area contributed by atoms with Gasteiger partial charge in [-0.05, 0) is 30.3 Å². The summed E-state index contributed by atoms with van der Waals surface area (Å²) >= 11 is 13.2. The fourth-order valence-corrected chi connectivity index (χ4v) is 3.83. The molecule has 0 saturated carbocycles. The van der Waals surface area contributed by atoms with Crippen molar-refractivity contribution in [1.29, 1.82) is 0 Å². The minimum Gasteiger partial charge on any atom is -0.493 e. The molecule has 10 heteroatoms. The summed E-state index contributed by atoms with van der Waals surface area (Å²) < 4.78 is 10.5. The van der Waals surface area contributed by atoms with E-state index in [1.807, 2.05) is 0 Å². The molecule has 3 rings (SSSR count). The summed E-state index contributed by atoms with van der Waals surface area (Å²) in [4.78, 5) is 29.9. The summed E-state index contributed by atoms with van der Waals surface area (Å²) in [5.74, 6) is -0.847. The van der Waals surface area contributed by atoms with E-state index in [2.05, 4.69) is 4.98 Å². The number of amides is 1. The first-order chi connectivity index (χ1) is 13.8. The third-order valence-corrected chi connectivity index (χ3v) is 5.27. The molecule has 0 saturated heterocycles. The number of nitrogens with zero attached hydrogens (tertiary/aromatic N) is 2. The van der Waals surface area contributed by atoms with E-state index in [-0.39, 0.29) is 21.4 Å². The molecule has 1 aromatic heterocycles. The van der Waals surface area contributed by atoms with Crippen LogP contribution in [0.15, 0.2) is 41.8 Å². The van der Waals surface area contributed by atoms with Crippen LogP contribution < -0.4 is 14.4 Å². The molecule has 29 heavy (non-hydrogen) atoms. The minimum absolute atomic E-state index is 0.156. The molecule has 0 radical (unpaired) electrons. The topological polar surface area (TPSA) is 89.0 Å². The number of hydrogen-bond donors (Lipinski definition) is 1. The van der Waals surface area contributed by atoms with Gasteiger partial charge in [-0.3, -0.25) is 9.69 Å². The zero-order chi connectivity index (χ0) is 21.1. The summed E-state index contributed by atoms with van der Waals surface area (Å²) in [6.07, 6.45) is 0. The fraction of sp³-hybridized carbons (Fsp3) is 0.105. The average Bonchev–Trinajstić information content (AvgIpc) is 3.18. The maximum atomic E-state index is 13.4. The van der Waals surface area contributed by atoms with Crippen molar-refractivity contribution in [1.82, 2.24) is 4.98 Å². The second kappa shape index (κ2) is 8.69. The Hall–Kier alpha value is -2.81. The first kappa shape index (κ1) is 20.9. The van der Waals surface area contributed by atoms with Crippen molar-refractivity contribution < 1.29 is 24.2 Å². The number of aromatic nitrogens is 1. The van der Waals surface area contributed by atoms with E-state index in [9.17, 15) is 14.7 Å². The highest BCUT2D eigenvalue weighted by Crippen LogP contribution is 2.37. The Kier molecular flexibility index (Phi) is 6.26. The minimum atomic E-state index is -1.20. The smallest absolute Gasteiger partial charge is 0.355 e. The van der Waals surface area contributed by atoms with E-state index < -0.39 is 11.9 Å². The van der Waals surface area contributed by atoms with Gasteiger partial charge < -0.3 is 14.6 Å².